The maximum absolute atomic E-state index is 11.2. The number of anilines is 1. The Hall–Kier alpha value is -3.09. The minimum atomic E-state index is -0.147. The van der Waals surface area contributed by atoms with Gasteiger partial charge >= 0.3 is 6.03 Å². The number of carbonyl (C=O) groups excluding carboxylic acids is 1. The van der Waals surface area contributed by atoms with Crippen molar-refractivity contribution in [2.75, 3.05) is 25.5 Å². The molecule has 0 aliphatic carbocycles. The molecule has 2 heterocycles. The average Bonchev–Trinajstić information content (AvgIpc) is 2.98. The first-order valence-corrected chi connectivity index (χ1v) is 9.22. The predicted octanol–water partition coefficient (Wildman–Crippen LogP) is 3.61. The van der Waals surface area contributed by atoms with E-state index in [-0.39, 0.29) is 7.46 Å². The fourth-order valence-electron chi connectivity index (χ4n) is 2.96. The number of aromatic amines is 1. The van der Waals surface area contributed by atoms with Crippen molar-refractivity contribution >= 4 is 22.9 Å². The second kappa shape index (κ2) is 8.53. The first-order valence-electron chi connectivity index (χ1n) is 9.22. The van der Waals surface area contributed by atoms with Gasteiger partial charge in [0.25, 0.3) is 0 Å². The van der Waals surface area contributed by atoms with Gasteiger partial charge in [-0.05, 0) is 32.3 Å². The van der Waals surface area contributed by atoms with Crippen molar-refractivity contribution in [2.24, 2.45) is 0 Å². The van der Waals surface area contributed by atoms with Gasteiger partial charge < -0.3 is 20.9 Å². The number of aryl methyl sites for hydroxylation is 2. The molecule has 27 heavy (non-hydrogen) atoms. The van der Waals surface area contributed by atoms with Crippen LogP contribution in [0.1, 0.15) is 25.5 Å². The highest BCUT2D eigenvalue weighted by Gasteiger charge is 2.14. The van der Waals surface area contributed by atoms with Crippen molar-refractivity contribution in [1.82, 2.24) is 25.6 Å². The monoisotopic (exact) mass is 368 g/mol. The Balaban J connectivity index is 0.00000280. The predicted molar refractivity (Wildman–Crippen MR) is 111 cm³/mol. The molecule has 144 valence electrons. The second-order valence-electron chi connectivity index (χ2n) is 6.50. The molecule has 3 rings (SSSR count). The van der Waals surface area contributed by atoms with Crippen LogP contribution in [0.25, 0.3) is 22.4 Å². The molecule has 4 N–H and O–H groups in total. The van der Waals surface area contributed by atoms with E-state index in [0.717, 1.165) is 53.1 Å². The maximum Gasteiger partial charge on any atom is 0.314 e. The molecule has 7 nitrogen and oxygen atoms in total. The summed E-state index contributed by atoms with van der Waals surface area (Å²) in [6.45, 7) is 5.56. The molecule has 7 heteroatoms. The van der Waals surface area contributed by atoms with E-state index in [2.05, 4.69) is 27.9 Å². The average molecular weight is 368 g/mol. The number of carbonyl (C=O) groups is 1. The number of urea groups is 1. The van der Waals surface area contributed by atoms with Crippen LogP contribution in [0.2, 0.25) is 0 Å². The summed E-state index contributed by atoms with van der Waals surface area (Å²) in [6.07, 6.45) is 1.82. The van der Waals surface area contributed by atoms with E-state index in [4.69, 9.17) is 9.97 Å². The summed E-state index contributed by atoms with van der Waals surface area (Å²) in [5.74, 6) is 1.55. The van der Waals surface area contributed by atoms with E-state index in [0.29, 0.717) is 12.4 Å². The van der Waals surface area contributed by atoms with E-state index in [1.807, 2.05) is 37.3 Å². The number of H-pyrrole nitrogens is 1. The number of hydrogen-bond donors (Lipinski definition) is 4. The molecule has 0 radical (unpaired) electrons. The molecule has 0 bridgehead atoms. The highest BCUT2D eigenvalue weighted by Crippen LogP contribution is 2.29. The molecular formula is C20H28N6O. The molecular weight excluding hydrogens is 340 g/mol. The van der Waals surface area contributed by atoms with Crippen LogP contribution in [0.4, 0.5) is 10.6 Å². The lowest BCUT2D eigenvalue weighted by atomic mass is 10.2. The van der Waals surface area contributed by atoms with Gasteiger partial charge in [-0.3, -0.25) is 0 Å². The number of fused-ring (bicyclic) bond motifs is 1. The number of nitrogens with zero attached hydrogens (tertiary/aromatic N) is 2. The standard InChI is InChI=1S/C20H26N6O.H2/c1-13-14(2)24-19-16(13)18(22-11-7-8-12-23-20(27)21-3)25-17(26-19)15-9-5-4-6-10-15;/h4-6,9-10H,7-8,11-12H2,1-3H3,(H2,21,23,27)(H2,22,24,25,26);1H. The number of unbranched alkanes of at least 4 members (excludes halogenated alkanes) is 1. The highest BCUT2D eigenvalue weighted by atomic mass is 16.2. The van der Waals surface area contributed by atoms with Crippen LogP contribution in [0, 0.1) is 13.8 Å². The zero-order valence-electron chi connectivity index (χ0n) is 16.0. The summed E-state index contributed by atoms with van der Waals surface area (Å²) in [7, 11) is 1.61. The van der Waals surface area contributed by atoms with Crippen molar-refractivity contribution in [1.29, 1.82) is 0 Å². The van der Waals surface area contributed by atoms with Crippen molar-refractivity contribution in [3.63, 3.8) is 0 Å². The van der Waals surface area contributed by atoms with Gasteiger partial charge in [0.1, 0.15) is 11.5 Å². The molecule has 0 saturated carbocycles. The molecule has 2 amide bonds. The lowest BCUT2D eigenvalue weighted by Gasteiger charge is -2.10. The number of amides is 2. The van der Waals surface area contributed by atoms with Gasteiger partial charge in [-0.15, -0.1) is 0 Å². The van der Waals surface area contributed by atoms with Crippen LogP contribution < -0.4 is 16.0 Å². The van der Waals surface area contributed by atoms with Gasteiger partial charge in [0.15, 0.2) is 5.82 Å². The van der Waals surface area contributed by atoms with Gasteiger partial charge in [0.2, 0.25) is 0 Å². The van der Waals surface area contributed by atoms with Gasteiger partial charge in [0, 0.05) is 32.8 Å². The quantitative estimate of drug-likeness (QED) is 0.479. The van der Waals surface area contributed by atoms with E-state index < -0.39 is 0 Å². The van der Waals surface area contributed by atoms with Crippen molar-refractivity contribution in [3.8, 4) is 11.4 Å². The van der Waals surface area contributed by atoms with Gasteiger partial charge in [-0.1, -0.05) is 30.3 Å². The summed E-state index contributed by atoms with van der Waals surface area (Å²) in [4.78, 5) is 24.0. The van der Waals surface area contributed by atoms with E-state index in [1.165, 1.54) is 0 Å². The lowest BCUT2D eigenvalue weighted by molar-refractivity contribution is 0.242. The third kappa shape index (κ3) is 4.36. The molecule has 0 saturated heterocycles. The molecule has 2 aromatic heterocycles. The Morgan fingerprint density at radius 3 is 2.59 bits per heavy atom. The molecule has 3 aromatic rings. The summed E-state index contributed by atoms with van der Waals surface area (Å²) in [5, 5.41) is 9.83. The van der Waals surface area contributed by atoms with Crippen molar-refractivity contribution < 1.29 is 6.22 Å². The Labute approximate surface area is 160 Å². The smallest absolute Gasteiger partial charge is 0.314 e. The maximum atomic E-state index is 11.2. The third-order valence-electron chi connectivity index (χ3n) is 4.59. The van der Waals surface area contributed by atoms with Crippen LogP contribution in [0.5, 0.6) is 0 Å². The van der Waals surface area contributed by atoms with E-state index >= 15 is 0 Å². The number of nitrogens with one attached hydrogen (secondary N) is 4. The summed E-state index contributed by atoms with van der Waals surface area (Å²) in [6, 6.07) is 9.83. The van der Waals surface area contributed by atoms with E-state index in [1.54, 1.807) is 7.05 Å². The first-order chi connectivity index (χ1) is 13.1. The first kappa shape index (κ1) is 18.7. The Morgan fingerprint density at radius 1 is 1.11 bits per heavy atom. The fraction of sp³-hybridized carbons (Fsp3) is 0.350. The zero-order valence-corrected chi connectivity index (χ0v) is 16.0. The van der Waals surface area contributed by atoms with Crippen molar-refractivity contribution in [2.45, 2.75) is 26.7 Å². The summed E-state index contributed by atoms with van der Waals surface area (Å²) < 4.78 is 0. The van der Waals surface area contributed by atoms with Gasteiger partial charge in [-0.2, -0.15) is 0 Å². The third-order valence-corrected chi connectivity index (χ3v) is 4.59. The molecule has 1 aromatic carbocycles. The minimum absolute atomic E-state index is 0. The van der Waals surface area contributed by atoms with Crippen LogP contribution in [-0.2, 0) is 0 Å². The lowest BCUT2D eigenvalue weighted by Crippen LogP contribution is -2.33. The SMILES string of the molecule is CNC(=O)NCCCCNc1nc(-c2ccccc2)nc2[nH]c(C)c(C)c12.[HH]. The van der Waals surface area contributed by atoms with E-state index in [9.17, 15) is 4.79 Å². The topological polar surface area (TPSA) is 94.7 Å². The largest absolute Gasteiger partial charge is 0.369 e. The normalized spacial score (nSPS) is 10.8. The summed E-state index contributed by atoms with van der Waals surface area (Å²) in [5.41, 5.74) is 4.10. The van der Waals surface area contributed by atoms with Crippen molar-refractivity contribution in [3.05, 3.63) is 41.6 Å². The Bertz CT molecular complexity index is 925. The minimum Gasteiger partial charge on any atom is -0.369 e. The Morgan fingerprint density at radius 2 is 1.85 bits per heavy atom. The second-order valence-corrected chi connectivity index (χ2v) is 6.50. The fourth-order valence-corrected chi connectivity index (χ4v) is 2.96. The molecule has 0 unspecified atom stereocenters. The van der Waals surface area contributed by atoms with Crippen LogP contribution in [0.3, 0.4) is 0 Å². The Kier molecular flexibility index (Phi) is 5.90. The molecule has 0 fully saturated rings. The molecule has 0 aliphatic heterocycles. The number of aromatic nitrogens is 3. The highest BCUT2D eigenvalue weighted by molar-refractivity contribution is 5.92. The van der Waals surface area contributed by atoms with Gasteiger partial charge in [-0.25, -0.2) is 14.8 Å². The molecule has 0 atom stereocenters. The van der Waals surface area contributed by atoms with Gasteiger partial charge in [0.05, 0.1) is 5.39 Å². The number of benzene rings is 1. The van der Waals surface area contributed by atoms with Crippen LogP contribution in [-0.4, -0.2) is 41.1 Å². The summed E-state index contributed by atoms with van der Waals surface area (Å²) >= 11 is 0. The number of rotatable bonds is 7. The molecule has 0 aliphatic rings. The van der Waals surface area contributed by atoms with Crippen LogP contribution in [0.15, 0.2) is 30.3 Å². The number of hydrogen-bond acceptors (Lipinski definition) is 4. The molecule has 0 spiro atoms. The van der Waals surface area contributed by atoms with Crippen LogP contribution >= 0.6 is 0 Å². The zero-order chi connectivity index (χ0) is 19.2.